The van der Waals surface area contributed by atoms with Gasteiger partial charge in [0.25, 0.3) is 0 Å². The van der Waals surface area contributed by atoms with Crippen molar-refractivity contribution in [2.45, 2.75) is 0 Å². The van der Waals surface area contributed by atoms with E-state index >= 15 is 0 Å². The van der Waals surface area contributed by atoms with E-state index in [-0.39, 0.29) is 0 Å². The van der Waals surface area contributed by atoms with Gasteiger partial charge in [0.15, 0.2) is 5.82 Å². The number of aromatic nitrogens is 4. The molecule has 5 heteroatoms. The second-order valence-corrected chi connectivity index (χ2v) is 15.7. The molecular weight excluding hydrogens is 713 g/mol. The molecule has 0 atom stereocenters. The van der Waals surface area contributed by atoms with Gasteiger partial charge in [-0.3, -0.25) is 4.57 Å². The molecular formula is C52H32N4S. The standard InChI is InChI=1S/C52H32N4S/c1-3-13-33(14-4-1)36-27-37(34-15-5-2-6-16-34)29-38(28-36)55-45-20-10-7-17-39(45)42-31-43-40-18-8-11-21-46(40)56(48(43)32-47(42)55)51-25-26-53-52(54-51)35-23-24-50-44(30-35)41-19-9-12-22-49(41)57-50/h1-32H. The van der Waals surface area contributed by atoms with Crippen molar-refractivity contribution < 1.29 is 0 Å². The summed E-state index contributed by atoms with van der Waals surface area (Å²) in [5.74, 6) is 1.54. The molecule has 0 aliphatic heterocycles. The van der Waals surface area contributed by atoms with Crippen molar-refractivity contribution in [2.75, 3.05) is 0 Å². The van der Waals surface area contributed by atoms with Crippen molar-refractivity contribution in [1.29, 1.82) is 0 Å². The molecule has 0 saturated carbocycles. The normalized spacial score (nSPS) is 11.9. The van der Waals surface area contributed by atoms with Crippen LogP contribution in [0.15, 0.2) is 194 Å². The molecule has 0 aliphatic carbocycles. The average Bonchev–Trinajstić information content (AvgIpc) is 3.93. The Balaban J connectivity index is 1.11. The smallest absolute Gasteiger partial charge is 0.161 e. The second kappa shape index (κ2) is 12.6. The van der Waals surface area contributed by atoms with E-state index in [1.807, 2.05) is 23.6 Å². The first kappa shape index (κ1) is 32.0. The summed E-state index contributed by atoms with van der Waals surface area (Å²) in [6, 6.07) is 67.8. The van der Waals surface area contributed by atoms with E-state index in [9.17, 15) is 0 Å². The van der Waals surface area contributed by atoms with Crippen LogP contribution >= 0.6 is 11.3 Å². The van der Waals surface area contributed by atoms with Crippen molar-refractivity contribution in [1.82, 2.24) is 19.1 Å². The summed E-state index contributed by atoms with van der Waals surface area (Å²) in [6.45, 7) is 0. The Morgan fingerprint density at radius 2 is 0.930 bits per heavy atom. The van der Waals surface area contributed by atoms with Crippen LogP contribution in [0.5, 0.6) is 0 Å². The molecule has 8 aromatic carbocycles. The van der Waals surface area contributed by atoms with Crippen LogP contribution < -0.4 is 0 Å². The van der Waals surface area contributed by atoms with Crippen LogP contribution in [0, 0.1) is 0 Å². The summed E-state index contributed by atoms with van der Waals surface area (Å²) < 4.78 is 7.31. The summed E-state index contributed by atoms with van der Waals surface area (Å²) in [5.41, 5.74) is 11.4. The van der Waals surface area contributed by atoms with E-state index in [2.05, 4.69) is 191 Å². The largest absolute Gasteiger partial charge is 0.309 e. The molecule has 266 valence electrons. The maximum atomic E-state index is 5.30. The highest BCUT2D eigenvalue weighted by molar-refractivity contribution is 7.25. The van der Waals surface area contributed by atoms with Crippen molar-refractivity contribution >= 4 is 75.1 Å². The highest BCUT2D eigenvalue weighted by Crippen LogP contribution is 2.41. The summed E-state index contributed by atoms with van der Waals surface area (Å²) in [7, 11) is 0. The maximum absolute atomic E-state index is 5.30. The summed E-state index contributed by atoms with van der Waals surface area (Å²) in [4.78, 5) is 10.1. The highest BCUT2D eigenvalue weighted by atomic mass is 32.1. The first-order valence-corrected chi connectivity index (χ1v) is 20.0. The van der Waals surface area contributed by atoms with Gasteiger partial charge in [-0.15, -0.1) is 11.3 Å². The quantitative estimate of drug-likeness (QED) is 0.176. The van der Waals surface area contributed by atoms with Gasteiger partial charge in [-0.1, -0.05) is 115 Å². The van der Waals surface area contributed by atoms with Crippen molar-refractivity contribution in [3.8, 4) is 45.1 Å². The van der Waals surface area contributed by atoms with E-state index in [4.69, 9.17) is 9.97 Å². The molecule has 0 unspecified atom stereocenters. The first-order chi connectivity index (χ1) is 28.2. The second-order valence-electron chi connectivity index (χ2n) is 14.6. The van der Waals surface area contributed by atoms with E-state index < -0.39 is 0 Å². The van der Waals surface area contributed by atoms with E-state index in [0.29, 0.717) is 5.82 Å². The molecule has 0 aliphatic rings. The molecule has 12 aromatic rings. The predicted molar refractivity (Wildman–Crippen MR) is 240 cm³/mol. The molecule has 0 radical (unpaired) electrons. The van der Waals surface area contributed by atoms with Crippen LogP contribution in [0.1, 0.15) is 0 Å². The van der Waals surface area contributed by atoms with Gasteiger partial charge in [-0.2, -0.15) is 0 Å². The molecule has 12 rings (SSSR count). The van der Waals surface area contributed by atoms with Gasteiger partial charge in [0.1, 0.15) is 5.82 Å². The van der Waals surface area contributed by atoms with Crippen LogP contribution in [0.2, 0.25) is 0 Å². The molecule has 57 heavy (non-hydrogen) atoms. The monoisotopic (exact) mass is 744 g/mol. The van der Waals surface area contributed by atoms with E-state index in [0.717, 1.165) is 33.6 Å². The van der Waals surface area contributed by atoms with Crippen LogP contribution in [-0.2, 0) is 0 Å². The molecule has 0 bridgehead atoms. The van der Waals surface area contributed by atoms with Gasteiger partial charge in [0.05, 0.1) is 22.1 Å². The lowest BCUT2D eigenvalue weighted by Crippen LogP contribution is -2.00. The molecule has 4 aromatic heterocycles. The minimum atomic E-state index is 0.706. The van der Waals surface area contributed by atoms with Crippen LogP contribution in [0.25, 0.3) is 109 Å². The Bertz CT molecular complexity index is 3460. The lowest BCUT2D eigenvalue weighted by molar-refractivity contribution is 1.04. The Morgan fingerprint density at radius 1 is 0.351 bits per heavy atom. The van der Waals surface area contributed by atoms with Gasteiger partial charge in [0, 0.05) is 59.2 Å². The van der Waals surface area contributed by atoms with Gasteiger partial charge < -0.3 is 4.57 Å². The van der Waals surface area contributed by atoms with Gasteiger partial charge >= 0.3 is 0 Å². The first-order valence-electron chi connectivity index (χ1n) is 19.2. The Kier molecular flexibility index (Phi) is 7.06. The van der Waals surface area contributed by atoms with Crippen molar-refractivity contribution in [3.05, 3.63) is 194 Å². The SMILES string of the molecule is c1ccc(-c2cc(-c3ccccc3)cc(-n3c4ccccc4c4cc5c6ccccc6n(-c6ccnc(-c7ccc8sc9ccccc9c8c7)n6)c5cc43)c2)cc1. The highest BCUT2D eigenvalue weighted by Gasteiger charge is 2.20. The fourth-order valence-electron chi connectivity index (χ4n) is 8.77. The summed E-state index contributed by atoms with van der Waals surface area (Å²) in [6.07, 6.45) is 1.89. The predicted octanol–water partition coefficient (Wildman–Crippen LogP) is 14.0. The van der Waals surface area contributed by atoms with Crippen LogP contribution in [0.3, 0.4) is 0 Å². The minimum absolute atomic E-state index is 0.706. The van der Waals surface area contributed by atoms with Crippen LogP contribution in [-0.4, -0.2) is 19.1 Å². The number of rotatable bonds is 5. The zero-order valence-electron chi connectivity index (χ0n) is 30.7. The van der Waals surface area contributed by atoms with E-state index in [1.54, 1.807) is 0 Å². The van der Waals surface area contributed by atoms with Crippen molar-refractivity contribution in [2.24, 2.45) is 0 Å². The summed E-state index contributed by atoms with van der Waals surface area (Å²) in [5, 5.41) is 7.32. The zero-order chi connectivity index (χ0) is 37.5. The van der Waals surface area contributed by atoms with Crippen LogP contribution in [0.4, 0.5) is 0 Å². The molecule has 4 heterocycles. The Hall–Kier alpha value is -7.34. The van der Waals surface area contributed by atoms with Gasteiger partial charge in [0.2, 0.25) is 0 Å². The number of para-hydroxylation sites is 2. The van der Waals surface area contributed by atoms with Gasteiger partial charge in [-0.25, -0.2) is 9.97 Å². The Morgan fingerprint density at radius 3 is 1.63 bits per heavy atom. The number of thiophene rings is 1. The number of hydrogen-bond acceptors (Lipinski definition) is 3. The van der Waals surface area contributed by atoms with E-state index in [1.165, 1.54) is 69.5 Å². The Labute approximate surface area is 332 Å². The average molecular weight is 745 g/mol. The minimum Gasteiger partial charge on any atom is -0.309 e. The number of fused-ring (bicyclic) bond motifs is 9. The zero-order valence-corrected chi connectivity index (χ0v) is 31.5. The molecule has 0 N–H and O–H groups in total. The molecule has 0 fully saturated rings. The third-order valence-electron chi connectivity index (χ3n) is 11.4. The van der Waals surface area contributed by atoms with Crippen molar-refractivity contribution in [3.63, 3.8) is 0 Å². The number of benzene rings is 8. The topological polar surface area (TPSA) is 35.6 Å². The molecule has 4 nitrogen and oxygen atoms in total. The van der Waals surface area contributed by atoms with Gasteiger partial charge in [-0.05, 0) is 95.1 Å². The third kappa shape index (κ3) is 5.06. The fourth-order valence-corrected chi connectivity index (χ4v) is 9.86. The molecule has 0 saturated heterocycles. The summed E-state index contributed by atoms with van der Waals surface area (Å²) >= 11 is 1.82. The fraction of sp³-hybridized carbons (Fsp3) is 0. The third-order valence-corrected chi connectivity index (χ3v) is 12.5. The molecule has 0 spiro atoms. The maximum Gasteiger partial charge on any atom is 0.161 e. The lowest BCUT2D eigenvalue weighted by atomic mass is 9.98. The number of nitrogens with zero attached hydrogens (tertiary/aromatic N) is 4. The number of hydrogen-bond donors (Lipinski definition) is 0. The molecule has 0 amide bonds. The lowest BCUT2D eigenvalue weighted by Gasteiger charge is -2.14.